The maximum Gasteiger partial charge on any atom is 0.245 e. The predicted octanol–water partition coefficient (Wildman–Crippen LogP) is 3.70. The highest BCUT2D eigenvalue weighted by molar-refractivity contribution is 6.30. The fraction of sp³-hybridized carbons (Fsp3) is 0.333. The molecule has 1 fully saturated rings. The van der Waals surface area contributed by atoms with Crippen molar-refractivity contribution in [1.82, 2.24) is 14.5 Å². The van der Waals surface area contributed by atoms with E-state index >= 15 is 0 Å². The minimum absolute atomic E-state index is 0.105. The molecule has 1 saturated heterocycles. The molecule has 0 saturated carbocycles. The Morgan fingerprint density at radius 1 is 1.19 bits per heavy atom. The van der Waals surface area contributed by atoms with E-state index in [1.807, 2.05) is 60.4 Å². The third-order valence-corrected chi connectivity index (χ3v) is 5.22. The Morgan fingerprint density at radius 3 is 2.74 bits per heavy atom. The highest BCUT2D eigenvalue weighted by Crippen LogP contribution is 2.25. The van der Waals surface area contributed by atoms with Crippen LogP contribution in [0.3, 0.4) is 0 Å². The molecule has 0 spiro atoms. The topological polar surface area (TPSA) is 47.4 Å². The van der Waals surface area contributed by atoms with Gasteiger partial charge in [-0.05, 0) is 36.8 Å². The van der Waals surface area contributed by atoms with Crippen molar-refractivity contribution in [3.05, 3.63) is 64.9 Å². The molecule has 1 aliphatic heterocycles. The van der Waals surface area contributed by atoms with Gasteiger partial charge < -0.3 is 14.2 Å². The minimum atomic E-state index is -0.329. The number of morpholine rings is 1. The SMILES string of the molecule is CC(C(=O)N1CCOCC1)n1c(Cc2cccc(Cl)c2)nc2ccccc21. The molecule has 1 atom stereocenters. The zero-order valence-corrected chi connectivity index (χ0v) is 16.0. The van der Waals surface area contributed by atoms with Gasteiger partial charge in [0.2, 0.25) is 5.91 Å². The number of aromatic nitrogens is 2. The highest BCUT2D eigenvalue weighted by atomic mass is 35.5. The molecule has 1 amide bonds. The van der Waals surface area contributed by atoms with E-state index in [9.17, 15) is 4.79 Å². The lowest BCUT2D eigenvalue weighted by molar-refractivity contribution is -0.138. The summed E-state index contributed by atoms with van der Waals surface area (Å²) in [5, 5.41) is 0.701. The van der Waals surface area contributed by atoms with E-state index in [1.54, 1.807) is 0 Å². The second-order valence-corrected chi connectivity index (χ2v) is 7.24. The zero-order valence-electron chi connectivity index (χ0n) is 15.3. The predicted molar refractivity (Wildman–Crippen MR) is 106 cm³/mol. The van der Waals surface area contributed by atoms with Crippen molar-refractivity contribution in [2.75, 3.05) is 26.3 Å². The number of amides is 1. The van der Waals surface area contributed by atoms with E-state index in [0.717, 1.165) is 22.4 Å². The first kappa shape index (κ1) is 18.0. The Labute approximate surface area is 163 Å². The lowest BCUT2D eigenvalue weighted by Gasteiger charge is -2.30. The van der Waals surface area contributed by atoms with Gasteiger partial charge >= 0.3 is 0 Å². The monoisotopic (exact) mass is 383 g/mol. The number of carbonyl (C=O) groups is 1. The van der Waals surface area contributed by atoms with Crippen molar-refractivity contribution in [2.45, 2.75) is 19.4 Å². The number of carbonyl (C=O) groups excluding carboxylic acids is 1. The van der Waals surface area contributed by atoms with E-state index in [0.29, 0.717) is 37.7 Å². The van der Waals surface area contributed by atoms with E-state index in [4.69, 9.17) is 21.3 Å². The van der Waals surface area contributed by atoms with E-state index in [-0.39, 0.29) is 11.9 Å². The molecule has 0 aliphatic carbocycles. The molecule has 1 aromatic heterocycles. The van der Waals surface area contributed by atoms with Crippen LogP contribution in [0.4, 0.5) is 0 Å². The molecule has 5 nitrogen and oxygen atoms in total. The van der Waals surface area contributed by atoms with E-state index in [1.165, 1.54) is 0 Å². The molecule has 3 aromatic rings. The van der Waals surface area contributed by atoms with Crippen LogP contribution in [0.2, 0.25) is 5.02 Å². The molecule has 0 radical (unpaired) electrons. The molecule has 2 heterocycles. The average Bonchev–Trinajstić information content (AvgIpc) is 3.05. The number of ether oxygens (including phenoxy) is 1. The Hall–Kier alpha value is -2.37. The van der Waals surface area contributed by atoms with Crippen molar-refractivity contribution >= 4 is 28.5 Å². The number of hydrogen-bond donors (Lipinski definition) is 0. The van der Waals surface area contributed by atoms with Crippen molar-refractivity contribution in [3.8, 4) is 0 Å². The maximum atomic E-state index is 13.1. The smallest absolute Gasteiger partial charge is 0.245 e. The molecule has 6 heteroatoms. The third kappa shape index (κ3) is 3.70. The molecule has 2 aromatic carbocycles. The van der Waals surface area contributed by atoms with Crippen molar-refractivity contribution in [3.63, 3.8) is 0 Å². The zero-order chi connectivity index (χ0) is 18.8. The summed E-state index contributed by atoms with van der Waals surface area (Å²) >= 11 is 6.14. The van der Waals surface area contributed by atoms with Crippen LogP contribution in [0.5, 0.6) is 0 Å². The van der Waals surface area contributed by atoms with Crippen LogP contribution >= 0.6 is 11.6 Å². The second-order valence-electron chi connectivity index (χ2n) is 6.81. The Kier molecular flexibility index (Phi) is 5.14. The molecule has 140 valence electrons. The lowest BCUT2D eigenvalue weighted by atomic mass is 10.1. The van der Waals surface area contributed by atoms with Gasteiger partial charge in [0.05, 0.1) is 24.2 Å². The van der Waals surface area contributed by atoms with Gasteiger partial charge in [-0.1, -0.05) is 35.9 Å². The number of nitrogens with zero attached hydrogens (tertiary/aromatic N) is 3. The number of para-hydroxylation sites is 2. The summed E-state index contributed by atoms with van der Waals surface area (Å²) in [4.78, 5) is 19.8. The molecule has 1 unspecified atom stereocenters. The summed E-state index contributed by atoms with van der Waals surface area (Å²) in [6, 6.07) is 15.4. The van der Waals surface area contributed by atoms with Crippen LogP contribution in [0.1, 0.15) is 24.4 Å². The molecular weight excluding hydrogens is 362 g/mol. The summed E-state index contributed by atoms with van der Waals surface area (Å²) in [6.07, 6.45) is 0.621. The minimum Gasteiger partial charge on any atom is -0.378 e. The van der Waals surface area contributed by atoms with Crippen LogP contribution in [0, 0.1) is 0 Å². The van der Waals surface area contributed by atoms with Gasteiger partial charge in [0, 0.05) is 24.5 Å². The largest absolute Gasteiger partial charge is 0.378 e. The summed E-state index contributed by atoms with van der Waals surface area (Å²) in [5.74, 6) is 0.973. The van der Waals surface area contributed by atoms with Crippen molar-refractivity contribution in [2.24, 2.45) is 0 Å². The number of hydrogen-bond acceptors (Lipinski definition) is 3. The summed E-state index contributed by atoms with van der Waals surface area (Å²) < 4.78 is 7.44. The first-order chi connectivity index (χ1) is 13.1. The van der Waals surface area contributed by atoms with Crippen LogP contribution in [0.15, 0.2) is 48.5 Å². The summed E-state index contributed by atoms with van der Waals surface area (Å²) in [6.45, 7) is 4.42. The maximum absolute atomic E-state index is 13.1. The van der Waals surface area contributed by atoms with Crippen molar-refractivity contribution in [1.29, 1.82) is 0 Å². The Balaban J connectivity index is 1.72. The molecule has 27 heavy (non-hydrogen) atoms. The first-order valence-corrected chi connectivity index (χ1v) is 9.58. The second kappa shape index (κ2) is 7.71. The lowest BCUT2D eigenvalue weighted by Crippen LogP contribution is -2.43. The first-order valence-electron chi connectivity index (χ1n) is 9.20. The van der Waals surface area contributed by atoms with Crippen molar-refractivity contribution < 1.29 is 9.53 Å². The van der Waals surface area contributed by atoms with Crippen LogP contribution < -0.4 is 0 Å². The standard InChI is InChI=1S/C21H22ClN3O2/c1-15(21(26)24-9-11-27-12-10-24)25-19-8-3-2-7-18(19)23-20(25)14-16-5-4-6-17(22)13-16/h2-8,13,15H,9-12,14H2,1H3. The number of benzene rings is 2. The highest BCUT2D eigenvalue weighted by Gasteiger charge is 2.27. The molecular formula is C21H22ClN3O2. The van der Waals surface area contributed by atoms with Gasteiger partial charge in [-0.2, -0.15) is 0 Å². The molecule has 1 aliphatic rings. The fourth-order valence-electron chi connectivity index (χ4n) is 3.64. The normalized spacial score (nSPS) is 15.9. The number of halogens is 1. The molecule has 4 rings (SSSR count). The quantitative estimate of drug-likeness (QED) is 0.690. The number of rotatable bonds is 4. The summed E-state index contributed by atoms with van der Waals surface area (Å²) in [5.41, 5.74) is 2.95. The Morgan fingerprint density at radius 2 is 1.96 bits per heavy atom. The molecule has 0 N–H and O–H groups in total. The van der Waals surface area contributed by atoms with Gasteiger partial charge in [-0.25, -0.2) is 4.98 Å². The number of imidazole rings is 1. The average molecular weight is 384 g/mol. The van der Waals surface area contributed by atoms with Crippen LogP contribution in [0.25, 0.3) is 11.0 Å². The Bertz CT molecular complexity index is 963. The van der Waals surface area contributed by atoms with Gasteiger partial charge in [0.1, 0.15) is 11.9 Å². The van der Waals surface area contributed by atoms with Crippen LogP contribution in [-0.4, -0.2) is 46.7 Å². The van der Waals surface area contributed by atoms with Gasteiger partial charge in [0.25, 0.3) is 0 Å². The van der Waals surface area contributed by atoms with Gasteiger partial charge in [-0.15, -0.1) is 0 Å². The van der Waals surface area contributed by atoms with Crippen LogP contribution in [-0.2, 0) is 16.0 Å². The number of fused-ring (bicyclic) bond motifs is 1. The molecule has 0 bridgehead atoms. The third-order valence-electron chi connectivity index (χ3n) is 4.99. The van der Waals surface area contributed by atoms with Gasteiger partial charge in [-0.3, -0.25) is 4.79 Å². The summed E-state index contributed by atoms with van der Waals surface area (Å²) in [7, 11) is 0. The van der Waals surface area contributed by atoms with E-state index < -0.39 is 0 Å². The van der Waals surface area contributed by atoms with E-state index in [2.05, 4.69) is 4.57 Å². The van der Waals surface area contributed by atoms with Gasteiger partial charge in [0.15, 0.2) is 0 Å². The fourth-order valence-corrected chi connectivity index (χ4v) is 3.85.